The number of aromatic nitrogens is 1. The topological polar surface area (TPSA) is 96.4 Å². The van der Waals surface area contributed by atoms with E-state index >= 15 is 0 Å². The highest BCUT2D eigenvalue weighted by molar-refractivity contribution is 7.92. The number of fused-ring (bicyclic) bond motifs is 2. The highest BCUT2D eigenvalue weighted by atomic mass is 35.5. The van der Waals surface area contributed by atoms with Crippen LogP contribution in [0.3, 0.4) is 0 Å². The Morgan fingerprint density at radius 3 is 2.41 bits per heavy atom. The molecule has 5 rings (SSSR count). The number of halogens is 3. The van der Waals surface area contributed by atoms with E-state index < -0.39 is 38.2 Å². The molecule has 2 N–H and O–H groups in total. The molecule has 0 saturated heterocycles. The van der Waals surface area contributed by atoms with Gasteiger partial charge in [-0.25, -0.2) is 17.2 Å². The molecule has 3 aromatic rings. The second-order valence-corrected chi connectivity index (χ2v) is 12.6. The van der Waals surface area contributed by atoms with Crippen LogP contribution in [0.2, 0.25) is 5.02 Å². The average Bonchev–Trinajstić information content (AvgIpc) is 3.02. The summed E-state index contributed by atoms with van der Waals surface area (Å²) >= 11 is 6.52. The lowest BCUT2D eigenvalue weighted by atomic mass is 9.76. The molecule has 37 heavy (non-hydrogen) atoms. The third kappa shape index (κ3) is 4.64. The number of amides is 1. The Bertz CT molecular complexity index is 1470. The summed E-state index contributed by atoms with van der Waals surface area (Å²) in [7, 11) is -3.96. The van der Waals surface area contributed by atoms with Gasteiger partial charge < -0.3 is 10.4 Å². The molecule has 2 aromatic carbocycles. The van der Waals surface area contributed by atoms with Crippen LogP contribution < -0.4 is 5.32 Å². The van der Waals surface area contributed by atoms with Crippen molar-refractivity contribution < 1.29 is 27.1 Å². The van der Waals surface area contributed by atoms with Crippen molar-refractivity contribution >= 4 is 33.0 Å². The number of rotatable bonds is 5. The van der Waals surface area contributed by atoms with E-state index in [0.717, 1.165) is 25.0 Å². The van der Waals surface area contributed by atoms with E-state index in [9.17, 15) is 27.1 Å². The van der Waals surface area contributed by atoms with E-state index in [1.807, 2.05) is 0 Å². The fourth-order valence-corrected chi connectivity index (χ4v) is 8.09. The quantitative estimate of drug-likeness (QED) is 0.431. The van der Waals surface area contributed by atoms with Gasteiger partial charge >= 0.3 is 0 Å². The van der Waals surface area contributed by atoms with Crippen LogP contribution in [0.15, 0.2) is 59.6 Å². The number of carbonyl (C=O) groups excluding carboxylic acids is 1. The molecule has 10 heteroatoms. The molecule has 2 aliphatic rings. The van der Waals surface area contributed by atoms with Crippen molar-refractivity contribution in [1.29, 1.82) is 0 Å². The normalized spacial score (nSPS) is 25.2. The van der Waals surface area contributed by atoms with Gasteiger partial charge in [0.1, 0.15) is 0 Å². The number of benzene rings is 2. The van der Waals surface area contributed by atoms with Gasteiger partial charge in [-0.2, -0.15) is 0 Å². The van der Waals surface area contributed by atoms with E-state index in [0.29, 0.717) is 18.5 Å². The maximum absolute atomic E-state index is 13.8. The first-order valence-corrected chi connectivity index (χ1v) is 13.9. The molecule has 2 bridgehead atoms. The van der Waals surface area contributed by atoms with Crippen molar-refractivity contribution in [3.63, 3.8) is 0 Å². The number of anilines is 1. The minimum Gasteiger partial charge on any atom is -0.390 e. The SMILES string of the molecule is CC1(O)C2CCC1CC(S(=O)(=O)c1cc(C(=O)Nc3ccc(F)c(F)c3)c(-c3ccccn3)cc1Cl)C2. The molecule has 2 atom stereocenters. The summed E-state index contributed by atoms with van der Waals surface area (Å²) in [5, 5.41) is 12.5. The number of hydrogen-bond donors (Lipinski definition) is 2. The molecule has 6 nitrogen and oxygen atoms in total. The van der Waals surface area contributed by atoms with Gasteiger partial charge in [0.15, 0.2) is 21.5 Å². The summed E-state index contributed by atoms with van der Waals surface area (Å²) in [5.41, 5.74) is -0.251. The van der Waals surface area contributed by atoms with Crippen LogP contribution in [0.1, 0.15) is 43.0 Å². The molecular formula is C27H25ClF2N2O4S. The van der Waals surface area contributed by atoms with Crippen molar-refractivity contribution in [3.8, 4) is 11.3 Å². The molecule has 2 aliphatic carbocycles. The zero-order valence-electron chi connectivity index (χ0n) is 19.9. The number of nitrogens with zero attached hydrogens (tertiary/aromatic N) is 1. The summed E-state index contributed by atoms with van der Waals surface area (Å²) in [6.45, 7) is 1.77. The molecule has 2 unspecified atom stereocenters. The maximum atomic E-state index is 13.8. The molecule has 0 aliphatic heterocycles. The molecular weight excluding hydrogens is 522 g/mol. The Morgan fingerprint density at radius 2 is 1.78 bits per heavy atom. The van der Waals surface area contributed by atoms with Gasteiger partial charge in [0.2, 0.25) is 0 Å². The maximum Gasteiger partial charge on any atom is 0.256 e. The second-order valence-electron chi connectivity index (χ2n) is 9.96. The highest BCUT2D eigenvalue weighted by Gasteiger charge is 2.53. The molecule has 2 fully saturated rings. The lowest BCUT2D eigenvalue weighted by Crippen LogP contribution is -2.45. The van der Waals surface area contributed by atoms with E-state index in [1.165, 1.54) is 24.4 Å². The van der Waals surface area contributed by atoms with Crippen molar-refractivity contribution in [2.45, 2.75) is 48.4 Å². The van der Waals surface area contributed by atoms with Crippen LogP contribution in [0.5, 0.6) is 0 Å². The van der Waals surface area contributed by atoms with E-state index in [-0.39, 0.29) is 38.6 Å². The first-order chi connectivity index (χ1) is 17.5. The van der Waals surface area contributed by atoms with Crippen LogP contribution in [0.25, 0.3) is 11.3 Å². The van der Waals surface area contributed by atoms with Crippen molar-refractivity contribution in [2.75, 3.05) is 5.32 Å². The van der Waals surface area contributed by atoms with Gasteiger partial charge in [-0.1, -0.05) is 17.7 Å². The minimum absolute atomic E-state index is 0.00122. The lowest BCUT2D eigenvalue weighted by Gasteiger charge is -2.40. The van der Waals surface area contributed by atoms with Gasteiger partial charge in [0, 0.05) is 23.5 Å². The van der Waals surface area contributed by atoms with Crippen LogP contribution in [0.4, 0.5) is 14.5 Å². The van der Waals surface area contributed by atoms with Gasteiger partial charge in [-0.15, -0.1) is 0 Å². The molecule has 0 spiro atoms. The van der Waals surface area contributed by atoms with Gasteiger partial charge in [0.05, 0.1) is 32.0 Å². The molecule has 2 saturated carbocycles. The third-order valence-electron chi connectivity index (χ3n) is 7.79. The standard InChI is InChI=1S/C27H25ClF2N2O4S/c1-27(34)15-5-6-16(27)11-18(10-15)37(35,36)25-14-20(19(13-21(25)28)24-4-2-3-9-31-24)26(33)32-17-7-8-22(29)23(30)12-17/h2-4,7-9,12-16,18,34H,5-6,10-11H2,1H3,(H,32,33). The number of carbonyl (C=O) groups is 1. The summed E-state index contributed by atoms with van der Waals surface area (Å²) in [5.74, 6) is -3.19. The minimum atomic E-state index is -3.96. The zero-order valence-corrected chi connectivity index (χ0v) is 21.5. The monoisotopic (exact) mass is 546 g/mol. The van der Waals surface area contributed by atoms with Gasteiger partial charge in [-0.05, 0) is 80.8 Å². The van der Waals surface area contributed by atoms with Crippen molar-refractivity contribution in [1.82, 2.24) is 4.98 Å². The Kier molecular flexibility index (Phi) is 6.58. The first kappa shape index (κ1) is 25.8. The molecule has 1 aromatic heterocycles. The average molecular weight is 547 g/mol. The largest absolute Gasteiger partial charge is 0.390 e. The van der Waals surface area contributed by atoms with E-state index in [4.69, 9.17) is 11.6 Å². The number of pyridine rings is 1. The number of aliphatic hydroxyl groups is 1. The fraction of sp³-hybridized carbons (Fsp3) is 0.333. The Labute approximate surface area is 218 Å². The van der Waals surface area contributed by atoms with Crippen LogP contribution in [-0.2, 0) is 9.84 Å². The summed E-state index contributed by atoms with van der Waals surface area (Å²) in [6, 6.07) is 10.6. The summed E-state index contributed by atoms with van der Waals surface area (Å²) in [6.07, 6.45) is 3.66. The number of hydrogen-bond acceptors (Lipinski definition) is 5. The zero-order chi connectivity index (χ0) is 26.5. The Balaban J connectivity index is 1.57. The Hall–Kier alpha value is -2.88. The van der Waals surface area contributed by atoms with E-state index in [1.54, 1.807) is 25.1 Å². The van der Waals surface area contributed by atoms with E-state index in [2.05, 4.69) is 10.3 Å². The smallest absolute Gasteiger partial charge is 0.256 e. The fourth-order valence-electron chi connectivity index (χ4n) is 5.66. The number of nitrogens with one attached hydrogen (secondary N) is 1. The lowest BCUT2D eigenvalue weighted by molar-refractivity contribution is -0.0413. The molecule has 194 valence electrons. The summed E-state index contributed by atoms with van der Waals surface area (Å²) < 4.78 is 54.7. The van der Waals surface area contributed by atoms with Crippen LogP contribution >= 0.6 is 11.6 Å². The Morgan fingerprint density at radius 1 is 1.08 bits per heavy atom. The number of sulfone groups is 1. The summed E-state index contributed by atoms with van der Waals surface area (Å²) in [4.78, 5) is 17.4. The van der Waals surface area contributed by atoms with Crippen molar-refractivity contribution in [2.24, 2.45) is 11.8 Å². The van der Waals surface area contributed by atoms with Crippen LogP contribution in [0, 0.1) is 23.5 Å². The van der Waals surface area contributed by atoms with Crippen LogP contribution in [-0.4, -0.2) is 35.3 Å². The predicted molar refractivity (Wildman–Crippen MR) is 136 cm³/mol. The first-order valence-electron chi connectivity index (χ1n) is 12.0. The molecule has 0 radical (unpaired) electrons. The third-order valence-corrected chi connectivity index (χ3v) is 10.4. The molecule has 1 heterocycles. The molecule has 1 amide bonds. The van der Waals surface area contributed by atoms with Gasteiger partial charge in [-0.3, -0.25) is 9.78 Å². The predicted octanol–water partition coefficient (Wildman–Crippen LogP) is 5.65. The highest BCUT2D eigenvalue weighted by Crippen LogP contribution is 2.52. The van der Waals surface area contributed by atoms with Gasteiger partial charge in [0.25, 0.3) is 5.91 Å². The second kappa shape index (κ2) is 9.45. The van der Waals surface area contributed by atoms with Crippen molar-refractivity contribution in [3.05, 3.63) is 76.9 Å².